The largest absolute Gasteiger partial charge is 0.496 e. The van der Waals surface area contributed by atoms with Crippen molar-refractivity contribution in [2.45, 2.75) is 19.8 Å². The van der Waals surface area contributed by atoms with Crippen LogP contribution in [0.5, 0.6) is 5.75 Å². The van der Waals surface area contributed by atoms with Gasteiger partial charge in [-0.05, 0) is 36.6 Å². The van der Waals surface area contributed by atoms with Crippen molar-refractivity contribution in [2.24, 2.45) is 5.73 Å². The number of ether oxygens (including phenoxy) is 1. The van der Waals surface area contributed by atoms with E-state index in [4.69, 9.17) is 10.5 Å². The molecule has 0 bridgehead atoms. The van der Waals surface area contributed by atoms with E-state index in [0.717, 1.165) is 12.0 Å². The minimum atomic E-state index is -0.204. The van der Waals surface area contributed by atoms with Crippen LogP contribution in [0.1, 0.15) is 18.1 Å². The summed E-state index contributed by atoms with van der Waals surface area (Å²) in [5, 5.41) is 0. The normalized spacial score (nSPS) is 10.3. The number of nitrogens with two attached hydrogens (primary N) is 1. The Morgan fingerprint density at radius 2 is 2.07 bits per heavy atom. The molecule has 0 radical (unpaired) electrons. The van der Waals surface area contributed by atoms with Gasteiger partial charge in [0, 0.05) is 6.07 Å². The Balaban J connectivity index is 3.11. The molecule has 0 aliphatic carbocycles. The quantitative estimate of drug-likeness (QED) is 0.800. The lowest BCUT2D eigenvalue weighted by Crippen LogP contribution is -2.05. The fourth-order valence-electron chi connectivity index (χ4n) is 1.46. The predicted molar refractivity (Wildman–Crippen MR) is 55.1 cm³/mol. The molecule has 3 heteroatoms. The van der Waals surface area contributed by atoms with Gasteiger partial charge in [0.15, 0.2) is 0 Å². The molecule has 0 aliphatic heterocycles. The molecule has 0 atom stereocenters. The Morgan fingerprint density at radius 1 is 1.36 bits per heavy atom. The SMILES string of the molecule is CCc1cc(CCN)c(OC)cc1F. The summed E-state index contributed by atoms with van der Waals surface area (Å²) in [7, 11) is 1.54. The highest BCUT2D eigenvalue weighted by Crippen LogP contribution is 2.23. The number of rotatable bonds is 4. The maximum Gasteiger partial charge on any atom is 0.130 e. The van der Waals surface area contributed by atoms with Crippen molar-refractivity contribution in [1.82, 2.24) is 0 Å². The van der Waals surface area contributed by atoms with Crippen molar-refractivity contribution >= 4 is 0 Å². The van der Waals surface area contributed by atoms with Gasteiger partial charge in [-0.25, -0.2) is 4.39 Å². The molecule has 0 saturated heterocycles. The average Bonchev–Trinajstić information content (AvgIpc) is 2.20. The second kappa shape index (κ2) is 4.96. The molecule has 0 aliphatic rings. The van der Waals surface area contributed by atoms with Crippen LogP contribution in [0.2, 0.25) is 0 Å². The molecule has 0 saturated carbocycles. The fraction of sp³-hybridized carbons (Fsp3) is 0.455. The third-order valence-corrected chi connectivity index (χ3v) is 2.24. The summed E-state index contributed by atoms with van der Waals surface area (Å²) in [5.41, 5.74) is 7.16. The van der Waals surface area contributed by atoms with Crippen LogP contribution in [0.25, 0.3) is 0 Å². The Labute approximate surface area is 83.9 Å². The van der Waals surface area contributed by atoms with E-state index in [0.29, 0.717) is 24.3 Å². The van der Waals surface area contributed by atoms with Gasteiger partial charge in [-0.15, -0.1) is 0 Å². The minimum Gasteiger partial charge on any atom is -0.496 e. The highest BCUT2D eigenvalue weighted by Gasteiger charge is 2.08. The molecule has 1 rings (SSSR count). The molecule has 2 nitrogen and oxygen atoms in total. The van der Waals surface area contributed by atoms with E-state index in [1.165, 1.54) is 6.07 Å². The van der Waals surface area contributed by atoms with Crippen LogP contribution < -0.4 is 10.5 Å². The third-order valence-electron chi connectivity index (χ3n) is 2.24. The van der Waals surface area contributed by atoms with Crippen LogP contribution >= 0.6 is 0 Å². The molecule has 0 heterocycles. The summed E-state index contributed by atoms with van der Waals surface area (Å²) in [6.07, 6.45) is 1.41. The topological polar surface area (TPSA) is 35.2 Å². The summed E-state index contributed by atoms with van der Waals surface area (Å²) < 4.78 is 18.4. The Kier molecular flexibility index (Phi) is 3.89. The number of aryl methyl sites for hydroxylation is 1. The summed E-state index contributed by atoms with van der Waals surface area (Å²) in [4.78, 5) is 0. The average molecular weight is 197 g/mol. The predicted octanol–water partition coefficient (Wildman–Crippen LogP) is 1.90. The molecule has 78 valence electrons. The van der Waals surface area contributed by atoms with Crippen LogP contribution in [-0.4, -0.2) is 13.7 Å². The highest BCUT2D eigenvalue weighted by molar-refractivity contribution is 5.38. The second-order valence-electron chi connectivity index (χ2n) is 3.15. The second-order valence-corrected chi connectivity index (χ2v) is 3.15. The maximum atomic E-state index is 13.3. The lowest BCUT2D eigenvalue weighted by Gasteiger charge is -2.10. The zero-order valence-electron chi connectivity index (χ0n) is 8.64. The van der Waals surface area contributed by atoms with Crippen LogP contribution in [0.4, 0.5) is 4.39 Å². The lowest BCUT2D eigenvalue weighted by atomic mass is 10.0. The third kappa shape index (κ3) is 2.23. The lowest BCUT2D eigenvalue weighted by molar-refractivity contribution is 0.405. The van der Waals surface area contributed by atoms with E-state index in [-0.39, 0.29) is 5.82 Å². The Morgan fingerprint density at radius 3 is 2.57 bits per heavy atom. The molecule has 0 amide bonds. The van der Waals surface area contributed by atoms with Crippen molar-refractivity contribution in [1.29, 1.82) is 0 Å². The van der Waals surface area contributed by atoms with Crippen molar-refractivity contribution in [3.63, 3.8) is 0 Å². The van der Waals surface area contributed by atoms with Gasteiger partial charge in [0.1, 0.15) is 11.6 Å². The molecule has 14 heavy (non-hydrogen) atoms. The molecule has 0 spiro atoms. The molecule has 1 aromatic rings. The molecule has 0 unspecified atom stereocenters. The van der Waals surface area contributed by atoms with Gasteiger partial charge < -0.3 is 10.5 Å². The summed E-state index contributed by atoms with van der Waals surface area (Å²) in [6, 6.07) is 3.27. The van der Waals surface area contributed by atoms with Gasteiger partial charge in [0.25, 0.3) is 0 Å². The molecule has 1 aromatic carbocycles. The summed E-state index contributed by atoms with van der Waals surface area (Å²) in [5.74, 6) is 0.385. The molecule has 0 fully saturated rings. The first-order chi connectivity index (χ1) is 6.72. The molecule has 0 aromatic heterocycles. The first-order valence-corrected chi connectivity index (χ1v) is 4.78. The van der Waals surface area contributed by atoms with Crippen molar-refractivity contribution in [3.8, 4) is 5.75 Å². The number of methoxy groups -OCH3 is 1. The van der Waals surface area contributed by atoms with Crippen molar-refractivity contribution < 1.29 is 9.13 Å². The van der Waals surface area contributed by atoms with Gasteiger partial charge in [0.05, 0.1) is 7.11 Å². The van der Waals surface area contributed by atoms with E-state index in [9.17, 15) is 4.39 Å². The van der Waals surface area contributed by atoms with Gasteiger partial charge in [-0.2, -0.15) is 0 Å². The summed E-state index contributed by atoms with van der Waals surface area (Å²) in [6.45, 7) is 2.47. The highest BCUT2D eigenvalue weighted by atomic mass is 19.1. The van der Waals surface area contributed by atoms with Gasteiger partial charge in [-0.3, -0.25) is 0 Å². The Bertz CT molecular complexity index is 312. The fourth-order valence-corrected chi connectivity index (χ4v) is 1.46. The number of hydrogen-bond donors (Lipinski definition) is 1. The number of hydrogen-bond acceptors (Lipinski definition) is 2. The van der Waals surface area contributed by atoms with E-state index >= 15 is 0 Å². The van der Waals surface area contributed by atoms with Crippen LogP contribution in [0.3, 0.4) is 0 Å². The molecule has 2 N–H and O–H groups in total. The van der Waals surface area contributed by atoms with Gasteiger partial charge in [-0.1, -0.05) is 6.92 Å². The van der Waals surface area contributed by atoms with E-state index in [1.54, 1.807) is 7.11 Å². The first-order valence-electron chi connectivity index (χ1n) is 4.78. The van der Waals surface area contributed by atoms with E-state index in [1.807, 2.05) is 13.0 Å². The van der Waals surface area contributed by atoms with Gasteiger partial charge in [0.2, 0.25) is 0 Å². The van der Waals surface area contributed by atoms with Crippen molar-refractivity contribution in [2.75, 3.05) is 13.7 Å². The summed E-state index contributed by atoms with van der Waals surface area (Å²) >= 11 is 0. The van der Waals surface area contributed by atoms with Crippen LogP contribution in [0, 0.1) is 5.82 Å². The Hall–Kier alpha value is -1.09. The monoisotopic (exact) mass is 197 g/mol. The zero-order valence-corrected chi connectivity index (χ0v) is 8.64. The van der Waals surface area contributed by atoms with Crippen LogP contribution in [-0.2, 0) is 12.8 Å². The van der Waals surface area contributed by atoms with E-state index < -0.39 is 0 Å². The number of benzene rings is 1. The van der Waals surface area contributed by atoms with Crippen molar-refractivity contribution in [3.05, 3.63) is 29.1 Å². The van der Waals surface area contributed by atoms with Gasteiger partial charge >= 0.3 is 0 Å². The first kappa shape index (κ1) is 11.0. The maximum absolute atomic E-state index is 13.3. The molecular formula is C11H16FNO. The standard InChI is InChI=1S/C11H16FNO/c1-3-8-6-9(4-5-13)11(14-2)7-10(8)12/h6-7H,3-5,13H2,1-2H3. The number of halogens is 1. The minimum absolute atomic E-state index is 0.204. The molecular weight excluding hydrogens is 181 g/mol. The van der Waals surface area contributed by atoms with E-state index in [2.05, 4.69) is 0 Å². The van der Waals surface area contributed by atoms with Crippen LogP contribution in [0.15, 0.2) is 12.1 Å². The smallest absolute Gasteiger partial charge is 0.130 e. The zero-order chi connectivity index (χ0) is 10.6.